The Labute approximate surface area is 156 Å². The van der Waals surface area contributed by atoms with Gasteiger partial charge in [0, 0.05) is 28.1 Å². The Morgan fingerprint density at radius 3 is 2.41 bits per heavy atom. The van der Waals surface area contributed by atoms with E-state index in [1.54, 1.807) is 10.9 Å². The van der Waals surface area contributed by atoms with E-state index in [0.29, 0.717) is 5.69 Å². The summed E-state index contributed by atoms with van der Waals surface area (Å²) in [6, 6.07) is 23.0. The second-order valence-electron chi connectivity index (χ2n) is 6.24. The predicted molar refractivity (Wildman–Crippen MR) is 109 cm³/mol. The Morgan fingerprint density at radius 1 is 0.926 bits per heavy atom. The lowest BCUT2D eigenvalue weighted by molar-refractivity contribution is -0.116. The number of amides is 1. The van der Waals surface area contributed by atoms with Gasteiger partial charge in [-0.25, -0.2) is 0 Å². The van der Waals surface area contributed by atoms with Crippen LogP contribution in [0.3, 0.4) is 0 Å². The zero-order chi connectivity index (χ0) is 18.6. The average molecular weight is 357 g/mol. The van der Waals surface area contributed by atoms with E-state index >= 15 is 0 Å². The van der Waals surface area contributed by atoms with Gasteiger partial charge in [-0.2, -0.15) is 5.10 Å². The van der Waals surface area contributed by atoms with Crippen molar-refractivity contribution in [1.82, 2.24) is 9.78 Å². The van der Waals surface area contributed by atoms with Crippen LogP contribution in [-0.2, 0) is 11.3 Å². The van der Waals surface area contributed by atoms with Gasteiger partial charge in [0.2, 0.25) is 5.91 Å². The number of carbonyl (C=O) groups is 1. The number of hydrogen-bond acceptors (Lipinski definition) is 4. The number of nitrogens with zero attached hydrogens (tertiary/aromatic N) is 2. The fraction of sp³-hybridized carbons (Fsp3) is 0.0476. The summed E-state index contributed by atoms with van der Waals surface area (Å²) < 4.78 is 1.65. The normalized spacial score (nSPS) is 10.7. The third-order valence-corrected chi connectivity index (χ3v) is 4.19. The molecule has 0 saturated carbocycles. The highest BCUT2D eigenvalue weighted by atomic mass is 16.2. The summed E-state index contributed by atoms with van der Waals surface area (Å²) in [6.45, 7) is 0.122. The zero-order valence-electron chi connectivity index (χ0n) is 14.6. The average Bonchev–Trinajstić information content (AvgIpc) is 3.06. The van der Waals surface area contributed by atoms with Crippen LogP contribution in [0.1, 0.15) is 0 Å². The highest BCUT2D eigenvalue weighted by Gasteiger charge is 2.08. The second kappa shape index (κ2) is 7.21. The van der Waals surface area contributed by atoms with Gasteiger partial charge in [0.05, 0.1) is 11.7 Å². The van der Waals surface area contributed by atoms with Crippen LogP contribution >= 0.6 is 0 Å². The minimum Gasteiger partial charge on any atom is -0.399 e. The largest absolute Gasteiger partial charge is 0.399 e. The van der Waals surface area contributed by atoms with Gasteiger partial charge >= 0.3 is 0 Å². The topological polar surface area (TPSA) is 85.0 Å². The number of nitrogens with one attached hydrogen (secondary N) is 2. The smallest absolute Gasteiger partial charge is 0.246 e. The molecule has 0 aliphatic carbocycles. The van der Waals surface area contributed by atoms with Gasteiger partial charge in [0.15, 0.2) is 0 Å². The number of para-hydroxylation sites is 1. The number of hydrogen-bond donors (Lipinski definition) is 3. The van der Waals surface area contributed by atoms with Gasteiger partial charge in [0.25, 0.3) is 0 Å². The van der Waals surface area contributed by atoms with Gasteiger partial charge in [-0.15, -0.1) is 0 Å². The van der Waals surface area contributed by atoms with Crippen molar-refractivity contribution in [2.45, 2.75) is 6.54 Å². The van der Waals surface area contributed by atoms with Crippen molar-refractivity contribution in [3.8, 4) is 0 Å². The van der Waals surface area contributed by atoms with Crippen molar-refractivity contribution in [3.05, 3.63) is 79.0 Å². The van der Waals surface area contributed by atoms with Crippen molar-refractivity contribution >= 4 is 39.6 Å². The molecule has 0 saturated heterocycles. The summed E-state index contributed by atoms with van der Waals surface area (Å²) in [7, 11) is 0. The highest BCUT2D eigenvalue weighted by molar-refractivity contribution is 5.92. The van der Waals surface area contributed by atoms with Gasteiger partial charge in [-0.3, -0.25) is 9.48 Å². The van der Waals surface area contributed by atoms with Gasteiger partial charge in [-0.1, -0.05) is 18.2 Å². The third-order valence-electron chi connectivity index (χ3n) is 4.19. The molecule has 1 amide bonds. The molecule has 0 spiro atoms. The number of nitrogens with two attached hydrogens (primary N) is 1. The van der Waals surface area contributed by atoms with Crippen molar-refractivity contribution < 1.29 is 4.79 Å². The quantitative estimate of drug-likeness (QED) is 0.471. The molecule has 1 heterocycles. The molecule has 0 atom stereocenters. The molecule has 0 radical (unpaired) electrons. The minimum absolute atomic E-state index is 0.122. The Hall–Kier alpha value is -3.80. The first-order valence-corrected chi connectivity index (χ1v) is 8.60. The fourth-order valence-electron chi connectivity index (χ4n) is 2.88. The number of benzene rings is 3. The van der Waals surface area contributed by atoms with Crippen LogP contribution in [0.5, 0.6) is 0 Å². The van der Waals surface area contributed by atoms with E-state index < -0.39 is 0 Å². The SMILES string of the molecule is Nc1ccc2cnn(CC(=O)Nc3ccc(Nc4ccccc4)cc3)c2c1. The molecular weight excluding hydrogens is 338 g/mol. The molecule has 1 aromatic heterocycles. The monoisotopic (exact) mass is 357 g/mol. The summed E-state index contributed by atoms with van der Waals surface area (Å²) in [4.78, 5) is 12.4. The fourth-order valence-corrected chi connectivity index (χ4v) is 2.88. The van der Waals surface area contributed by atoms with Crippen LogP contribution in [0.4, 0.5) is 22.7 Å². The molecule has 0 unspecified atom stereocenters. The van der Waals surface area contributed by atoms with Crippen molar-refractivity contribution in [2.75, 3.05) is 16.4 Å². The number of rotatable bonds is 5. The van der Waals surface area contributed by atoms with E-state index in [1.807, 2.05) is 72.8 Å². The standard InChI is InChI=1S/C21H19N5O/c22-16-7-6-15-13-23-26(20(15)12-16)14-21(27)25-19-10-8-18(9-11-19)24-17-4-2-1-3-5-17/h1-13,24H,14,22H2,(H,25,27). The van der Waals surface area contributed by atoms with Crippen LogP contribution in [0.25, 0.3) is 10.9 Å². The van der Waals surface area contributed by atoms with Crippen LogP contribution in [0, 0.1) is 0 Å². The molecule has 0 aliphatic rings. The third kappa shape index (κ3) is 3.90. The summed E-state index contributed by atoms with van der Waals surface area (Å²) >= 11 is 0. The van der Waals surface area contributed by atoms with Crippen LogP contribution < -0.4 is 16.4 Å². The summed E-state index contributed by atoms with van der Waals surface area (Å²) in [6.07, 6.45) is 1.73. The number of carbonyl (C=O) groups excluding carboxylic acids is 1. The van der Waals surface area contributed by atoms with Crippen molar-refractivity contribution in [3.63, 3.8) is 0 Å². The van der Waals surface area contributed by atoms with E-state index in [9.17, 15) is 4.79 Å². The summed E-state index contributed by atoms with van der Waals surface area (Å²) in [5.74, 6) is -0.147. The maximum Gasteiger partial charge on any atom is 0.246 e. The summed E-state index contributed by atoms with van der Waals surface area (Å²) in [5, 5.41) is 11.4. The minimum atomic E-state index is -0.147. The molecule has 4 aromatic rings. The van der Waals surface area contributed by atoms with E-state index in [0.717, 1.165) is 28.0 Å². The predicted octanol–water partition coefficient (Wildman–Crippen LogP) is 4.00. The first-order valence-electron chi connectivity index (χ1n) is 8.60. The molecule has 6 heteroatoms. The molecule has 4 rings (SSSR count). The zero-order valence-corrected chi connectivity index (χ0v) is 14.6. The molecule has 134 valence electrons. The van der Waals surface area contributed by atoms with E-state index in [2.05, 4.69) is 15.7 Å². The van der Waals surface area contributed by atoms with Gasteiger partial charge in [0.1, 0.15) is 6.54 Å². The van der Waals surface area contributed by atoms with Crippen LogP contribution in [0.2, 0.25) is 0 Å². The van der Waals surface area contributed by atoms with E-state index in [4.69, 9.17) is 5.73 Å². The van der Waals surface area contributed by atoms with E-state index in [-0.39, 0.29) is 12.5 Å². The second-order valence-corrected chi connectivity index (χ2v) is 6.24. The Bertz CT molecular complexity index is 1070. The van der Waals surface area contributed by atoms with Gasteiger partial charge < -0.3 is 16.4 Å². The molecule has 0 fully saturated rings. The van der Waals surface area contributed by atoms with E-state index in [1.165, 1.54) is 0 Å². The molecule has 4 N–H and O–H groups in total. The van der Waals surface area contributed by atoms with Gasteiger partial charge in [-0.05, 0) is 54.6 Å². The molecule has 27 heavy (non-hydrogen) atoms. The number of nitrogen functional groups attached to an aromatic ring is 1. The Balaban J connectivity index is 1.41. The lowest BCUT2D eigenvalue weighted by Gasteiger charge is -2.09. The maximum absolute atomic E-state index is 12.4. The first kappa shape index (κ1) is 16.7. The number of anilines is 4. The molecular formula is C21H19N5O. The van der Waals surface area contributed by atoms with Crippen LogP contribution in [-0.4, -0.2) is 15.7 Å². The number of fused-ring (bicyclic) bond motifs is 1. The van der Waals surface area contributed by atoms with Crippen molar-refractivity contribution in [2.24, 2.45) is 0 Å². The molecule has 3 aromatic carbocycles. The lowest BCUT2D eigenvalue weighted by Crippen LogP contribution is -2.19. The maximum atomic E-state index is 12.4. The Kier molecular flexibility index (Phi) is 4.45. The highest BCUT2D eigenvalue weighted by Crippen LogP contribution is 2.19. The van der Waals surface area contributed by atoms with Crippen LogP contribution in [0.15, 0.2) is 79.0 Å². The Morgan fingerprint density at radius 2 is 1.63 bits per heavy atom. The summed E-state index contributed by atoms with van der Waals surface area (Å²) in [5.41, 5.74) is 10.0. The first-order chi connectivity index (χ1) is 13.2. The lowest BCUT2D eigenvalue weighted by atomic mass is 10.2. The molecule has 6 nitrogen and oxygen atoms in total. The number of aromatic nitrogens is 2. The molecule has 0 aliphatic heterocycles. The molecule has 0 bridgehead atoms. The van der Waals surface area contributed by atoms with Crippen molar-refractivity contribution in [1.29, 1.82) is 0 Å².